The van der Waals surface area contributed by atoms with Crippen molar-refractivity contribution in [3.63, 3.8) is 0 Å². The van der Waals surface area contributed by atoms with Crippen LogP contribution in [0.25, 0.3) is 0 Å². The van der Waals surface area contributed by atoms with Gasteiger partial charge in [-0.15, -0.1) is 0 Å². The monoisotopic (exact) mass is 522 g/mol. The first-order chi connectivity index (χ1) is 16.1. The lowest BCUT2D eigenvalue weighted by Gasteiger charge is -2.00. The number of aliphatic hydroxyl groups is 3. The summed E-state index contributed by atoms with van der Waals surface area (Å²) in [7, 11) is -2.13. The fourth-order valence-electron chi connectivity index (χ4n) is 1.82. The van der Waals surface area contributed by atoms with Crippen LogP contribution in [-0.2, 0) is 14.9 Å². The van der Waals surface area contributed by atoms with E-state index in [1.54, 1.807) is 7.05 Å². The molecule has 0 aromatic rings. The van der Waals surface area contributed by atoms with E-state index < -0.39 is 16.1 Å². The van der Waals surface area contributed by atoms with E-state index in [4.69, 9.17) is 42.2 Å². The van der Waals surface area contributed by atoms with Crippen molar-refractivity contribution in [1.82, 2.24) is 5.32 Å². The van der Waals surface area contributed by atoms with Crippen LogP contribution in [0.5, 0.6) is 0 Å². The highest BCUT2D eigenvalue weighted by Crippen LogP contribution is 2.10. The van der Waals surface area contributed by atoms with Crippen LogP contribution in [0.2, 0.25) is 0 Å². The van der Waals surface area contributed by atoms with E-state index in [-0.39, 0.29) is 25.6 Å². The Bertz CT molecular complexity index is 429. The molecule has 212 valence electrons. The van der Waals surface area contributed by atoms with Crippen molar-refractivity contribution in [2.24, 2.45) is 17.2 Å². The maximum atomic E-state index is 10.2. The molecule has 13 heteroatoms. The van der Waals surface area contributed by atoms with E-state index in [2.05, 4.69) is 12.2 Å². The van der Waals surface area contributed by atoms with Crippen LogP contribution in [0.1, 0.15) is 71.1 Å². The number of carbonyl (C=O) groups is 1. The second-order valence-electron chi connectivity index (χ2n) is 6.90. The lowest BCUT2D eigenvalue weighted by atomic mass is 10.1. The first-order valence-electron chi connectivity index (χ1n) is 11.8. The molecule has 0 aliphatic rings. The van der Waals surface area contributed by atoms with E-state index in [1.165, 1.54) is 44.9 Å². The fourth-order valence-corrected chi connectivity index (χ4v) is 2.28. The van der Waals surface area contributed by atoms with Gasteiger partial charge in [0.15, 0.2) is 0 Å². The first-order valence-corrected chi connectivity index (χ1v) is 13.4. The normalized spacial score (nSPS) is 9.68. The third-order valence-corrected chi connectivity index (χ3v) is 4.21. The van der Waals surface area contributed by atoms with E-state index in [0.717, 1.165) is 12.8 Å². The van der Waals surface area contributed by atoms with Crippen LogP contribution in [0, 0.1) is 0 Å². The second-order valence-corrected chi connectivity index (χ2v) is 8.47. The van der Waals surface area contributed by atoms with Crippen molar-refractivity contribution >= 4 is 16.1 Å². The third kappa shape index (κ3) is 86.0. The van der Waals surface area contributed by atoms with Crippen LogP contribution in [-0.4, -0.2) is 98.2 Å². The number of hydrogen-bond donors (Lipinski definition) is 9. The minimum absolute atomic E-state index is 0.0972. The second kappa shape index (κ2) is 42.3. The highest BCUT2D eigenvalue weighted by Gasteiger charge is 2.00. The molecule has 0 aromatic carbocycles. The molecule has 0 radical (unpaired) electrons. The zero-order chi connectivity index (χ0) is 27.5. The topological polar surface area (TPSA) is 242 Å². The van der Waals surface area contributed by atoms with Gasteiger partial charge in [0.1, 0.15) is 0 Å². The summed E-state index contributed by atoms with van der Waals surface area (Å²) < 4.78 is 27.9. The highest BCUT2D eigenvalue weighted by molar-refractivity contribution is 7.85. The summed E-state index contributed by atoms with van der Waals surface area (Å²) in [6.07, 6.45) is 11.5. The van der Waals surface area contributed by atoms with Gasteiger partial charge >= 0.3 is 5.97 Å². The molecular weight excluding hydrogens is 468 g/mol. The molecule has 0 amide bonds. The van der Waals surface area contributed by atoms with Gasteiger partial charge in [-0.05, 0) is 13.5 Å². The Hall–Kier alpha value is -0.900. The zero-order valence-electron chi connectivity index (χ0n) is 21.3. The Morgan fingerprint density at radius 3 is 1.29 bits per heavy atom. The largest absolute Gasteiger partial charge is 0.481 e. The lowest BCUT2D eigenvalue weighted by Crippen LogP contribution is -2.18. The van der Waals surface area contributed by atoms with Gasteiger partial charge in [-0.1, -0.05) is 58.3 Å². The molecule has 0 saturated carbocycles. The molecule has 0 bridgehead atoms. The average molecular weight is 523 g/mol. The molecule has 0 atom stereocenters. The number of hydrogen-bond acceptors (Lipinski definition) is 10. The number of aliphatic hydroxyl groups excluding tert-OH is 3. The molecule has 0 spiro atoms. The molecule has 12 N–H and O–H groups in total. The predicted molar refractivity (Wildman–Crippen MR) is 138 cm³/mol. The maximum Gasteiger partial charge on any atom is 0.303 e. The molecule has 0 aromatic heterocycles. The van der Waals surface area contributed by atoms with Crippen LogP contribution < -0.4 is 22.5 Å². The van der Waals surface area contributed by atoms with Crippen molar-refractivity contribution < 1.29 is 38.2 Å². The average Bonchev–Trinajstić information content (AvgIpc) is 2.82. The van der Waals surface area contributed by atoms with Gasteiger partial charge < -0.3 is 42.9 Å². The Balaban J connectivity index is -0.000000118. The summed E-state index contributed by atoms with van der Waals surface area (Å²) in [5.41, 5.74) is 14.3. The van der Waals surface area contributed by atoms with Crippen LogP contribution in [0.15, 0.2) is 0 Å². The molecule has 12 nitrogen and oxygen atoms in total. The predicted octanol–water partition coefficient (Wildman–Crippen LogP) is -0.102. The van der Waals surface area contributed by atoms with Gasteiger partial charge in [-0.2, -0.15) is 8.42 Å². The molecule has 0 fully saturated rings. The minimum atomic E-state index is -3.75. The quantitative estimate of drug-likeness (QED) is 0.0952. The Kier molecular flexibility index (Phi) is 53.7. The van der Waals surface area contributed by atoms with Crippen LogP contribution in [0.4, 0.5) is 0 Å². The maximum absolute atomic E-state index is 10.2. The molecule has 0 heterocycles. The van der Waals surface area contributed by atoms with Crippen molar-refractivity contribution in [2.75, 3.05) is 58.8 Å². The van der Waals surface area contributed by atoms with Gasteiger partial charge in [-0.25, -0.2) is 0 Å². The number of rotatable bonds is 16. The molecule has 0 unspecified atom stereocenters. The van der Waals surface area contributed by atoms with Gasteiger partial charge in [-0.3, -0.25) is 9.35 Å². The Labute approximate surface area is 207 Å². The smallest absolute Gasteiger partial charge is 0.303 e. The summed E-state index contributed by atoms with van der Waals surface area (Å²) in [6.45, 7) is 3.94. The summed E-state index contributed by atoms with van der Waals surface area (Å²) in [5.74, 6) is -0.878. The molecule has 0 aliphatic carbocycles. The number of carboxylic acids is 1. The zero-order valence-corrected chi connectivity index (χ0v) is 22.1. The molecule has 0 saturated heterocycles. The summed E-state index contributed by atoms with van der Waals surface area (Å²) in [6, 6.07) is 0. The van der Waals surface area contributed by atoms with Gasteiger partial charge in [0.05, 0.1) is 25.6 Å². The molecule has 0 rings (SSSR count). The van der Waals surface area contributed by atoms with Gasteiger partial charge in [0.2, 0.25) is 0 Å². The lowest BCUT2D eigenvalue weighted by molar-refractivity contribution is -0.137. The standard InChI is InChI=1S/C12H24O2.C3H9NO3S.3C2H7NO/c1-2-3-4-5-6-7-8-9-10-11-12(13)14;1-4-2-3-8(5,6)7;3*3-1-2-4/h2-11H2,1H3,(H,13,14);4H,2-3H2,1H3,(H,5,6,7);3*4H,1-3H2. The third-order valence-electron chi connectivity index (χ3n) is 3.49. The molecular formula is C21H54N4O8S. The van der Waals surface area contributed by atoms with Gasteiger partial charge in [0, 0.05) is 32.6 Å². The van der Waals surface area contributed by atoms with Crippen molar-refractivity contribution in [2.45, 2.75) is 71.1 Å². The molecule has 34 heavy (non-hydrogen) atoms. The van der Waals surface area contributed by atoms with Crippen molar-refractivity contribution in [3.05, 3.63) is 0 Å². The van der Waals surface area contributed by atoms with E-state index in [1.807, 2.05) is 0 Å². The first kappa shape index (κ1) is 43.2. The summed E-state index contributed by atoms with van der Waals surface area (Å²) in [4.78, 5) is 10.2. The van der Waals surface area contributed by atoms with E-state index in [9.17, 15) is 13.2 Å². The van der Waals surface area contributed by atoms with E-state index >= 15 is 0 Å². The molecule has 0 aliphatic heterocycles. The summed E-state index contributed by atoms with van der Waals surface area (Å²) in [5, 5.41) is 34.2. The number of aliphatic carboxylic acids is 1. The number of unbranched alkanes of at least 4 members (excludes halogenated alkanes) is 8. The number of carboxylic acid groups (broad SMARTS) is 1. The van der Waals surface area contributed by atoms with Crippen molar-refractivity contribution in [3.8, 4) is 0 Å². The fraction of sp³-hybridized carbons (Fsp3) is 0.952. The van der Waals surface area contributed by atoms with Crippen LogP contribution in [0.3, 0.4) is 0 Å². The minimum Gasteiger partial charge on any atom is -0.481 e. The SMILES string of the molecule is CCCCCCCCCCCC(=O)O.CNCCS(=O)(=O)O.NCCO.NCCO.NCCO. The summed E-state index contributed by atoms with van der Waals surface area (Å²) >= 11 is 0. The van der Waals surface area contributed by atoms with Crippen molar-refractivity contribution in [1.29, 1.82) is 0 Å². The Morgan fingerprint density at radius 2 is 1.09 bits per heavy atom. The number of nitrogens with two attached hydrogens (primary N) is 3. The Morgan fingerprint density at radius 1 is 0.765 bits per heavy atom. The van der Waals surface area contributed by atoms with Crippen LogP contribution >= 0.6 is 0 Å². The number of nitrogens with one attached hydrogen (secondary N) is 1. The van der Waals surface area contributed by atoms with E-state index in [0.29, 0.717) is 32.6 Å². The van der Waals surface area contributed by atoms with Gasteiger partial charge in [0.25, 0.3) is 10.1 Å². The highest BCUT2D eigenvalue weighted by atomic mass is 32.2.